The largest absolute Gasteiger partial charge is 0.322 e. The lowest BCUT2D eigenvalue weighted by atomic mass is 10.1. The van der Waals surface area contributed by atoms with Crippen LogP contribution in [0.25, 0.3) is 0 Å². The number of primary sulfonamides is 1. The minimum atomic E-state index is -3.80. The number of rotatable bonds is 4. The Morgan fingerprint density at radius 1 is 1.08 bits per heavy atom. The van der Waals surface area contributed by atoms with Crippen molar-refractivity contribution in [1.29, 1.82) is 0 Å². The minimum absolute atomic E-state index is 0.0362. The maximum atomic E-state index is 12.3. The van der Waals surface area contributed by atoms with Crippen LogP contribution in [0.2, 0.25) is 0 Å². The van der Waals surface area contributed by atoms with Crippen LogP contribution in [0, 0.1) is 0 Å². The number of nitrogens with one attached hydrogen (secondary N) is 1. The molecule has 0 bridgehead atoms. The van der Waals surface area contributed by atoms with E-state index in [0.717, 1.165) is 11.5 Å². The van der Waals surface area contributed by atoms with E-state index in [1.54, 1.807) is 18.2 Å². The van der Waals surface area contributed by atoms with E-state index in [1.165, 1.54) is 23.8 Å². The lowest BCUT2D eigenvalue weighted by Crippen LogP contribution is -2.14. The first-order chi connectivity index (χ1) is 11.4. The van der Waals surface area contributed by atoms with Crippen LogP contribution >= 0.6 is 23.5 Å². The molecule has 3 N–H and O–H groups in total. The fraction of sp³-hybridized carbons (Fsp3) is 0.188. The molecule has 3 rings (SSSR count). The molecule has 0 unspecified atom stereocenters. The molecule has 1 aliphatic rings. The number of amides is 1. The number of thioether (sulfide) groups is 2. The minimum Gasteiger partial charge on any atom is -0.322 e. The standard InChI is InChI=1S/C16H16N2O3S3/c17-24(20,21)14-3-1-2-13(10-14)18-15(19)11-4-6-12(7-5-11)16-22-8-9-23-16/h1-7,10,16H,8-9H2,(H,18,19)(H2,17,20,21). The van der Waals surface area contributed by atoms with Gasteiger partial charge in [-0.3, -0.25) is 4.79 Å². The van der Waals surface area contributed by atoms with Crippen LogP contribution in [0.3, 0.4) is 0 Å². The first kappa shape index (κ1) is 17.3. The van der Waals surface area contributed by atoms with E-state index < -0.39 is 10.0 Å². The summed E-state index contributed by atoms with van der Waals surface area (Å²) >= 11 is 3.82. The van der Waals surface area contributed by atoms with Crippen LogP contribution in [0.5, 0.6) is 0 Å². The van der Waals surface area contributed by atoms with Crippen LogP contribution in [-0.2, 0) is 10.0 Å². The second-order valence-electron chi connectivity index (χ2n) is 5.22. The number of anilines is 1. The van der Waals surface area contributed by atoms with Gasteiger partial charge in [0, 0.05) is 22.8 Å². The highest BCUT2D eigenvalue weighted by Crippen LogP contribution is 2.45. The van der Waals surface area contributed by atoms with E-state index in [-0.39, 0.29) is 10.8 Å². The number of carbonyl (C=O) groups excluding carboxylic acids is 1. The Labute approximate surface area is 149 Å². The Bertz CT molecular complexity index is 845. The molecule has 1 heterocycles. The second kappa shape index (κ2) is 7.18. The Hall–Kier alpha value is -1.48. The summed E-state index contributed by atoms with van der Waals surface area (Å²) in [6, 6.07) is 13.4. The molecule has 1 fully saturated rings. The van der Waals surface area contributed by atoms with Crippen molar-refractivity contribution in [2.75, 3.05) is 16.8 Å². The van der Waals surface area contributed by atoms with Gasteiger partial charge < -0.3 is 5.32 Å². The normalized spacial score (nSPS) is 15.4. The molecule has 2 aromatic rings. The predicted molar refractivity (Wildman–Crippen MR) is 99.9 cm³/mol. The monoisotopic (exact) mass is 380 g/mol. The molecule has 126 valence electrons. The summed E-state index contributed by atoms with van der Waals surface area (Å²) in [5, 5.41) is 7.79. The van der Waals surface area contributed by atoms with Gasteiger partial charge in [0.15, 0.2) is 0 Å². The van der Waals surface area contributed by atoms with E-state index in [1.807, 2.05) is 35.7 Å². The second-order valence-corrected chi connectivity index (χ2v) is 9.51. The highest BCUT2D eigenvalue weighted by molar-refractivity contribution is 8.19. The van der Waals surface area contributed by atoms with Gasteiger partial charge in [-0.05, 0) is 35.9 Å². The molecule has 1 amide bonds. The number of carbonyl (C=O) groups is 1. The summed E-state index contributed by atoms with van der Waals surface area (Å²) in [6.45, 7) is 0. The Morgan fingerprint density at radius 2 is 1.75 bits per heavy atom. The van der Waals surface area contributed by atoms with Crippen molar-refractivity contribution in [2.45, 2.75) is 9.48 Å². The maximum Gasteiger partial charge on any atom is 0.255 e. The van der Waals surface area contributed by atoms with Gasteiger partial charge in [-0.15, -0.1) is 23.5 Å². The average molecular weight is 381 g/mol. The van der Waals surface area contributed by atoms with Crippen LogP contribution in [0.1, 0.15) is 20.5 Å². The van der Waals surface area contributed by atoms with Crippen molar-refractivity contribution < 1.29 is 13.2 Å². The Kier molecular flexibility index (Phi) is 5.19. The van der Waals surface area contributed by atoms with Gasteiger partial charge in [-0.2, -0.15) is 0 Å². The molecular formula is C16H16N2O3S3. The van der Waals surface area contributed by atoms with Crippen molar-refractivity contribution in [1.82, 2.24) is 0 Å². The fourth-order valence-corrected chi connectivity index (χ4v) is 5.72. The molecule has 0 atom stereocenters. The fourth-order valence-electron chi connectivity index (χ4n) is 2.30. The van der Waals surface area contributed by atoms with Gasteiger partial charge in [0.25, 0.3) is 5.91 Å². The summed E-state index contributed by atoms with van der Waals surface area (Å²) in [6.07, 6.45) is 0. The third-order valence-corrected chi connectivity index (χ3v) is 7.50. The van der Waals surface area contributed by atoms with Crippen molar-refractivity contribution in [3.63, 3.8) is 0 Å². The Balaban J connectivity index is 1.73. The number of nitrogens with two attached hydrogens (primary N) is 1. The maximum absolute atomic E-state index is 12.3. The first-order valence-electron chi connectivity index (χ1n) is 7.21. The quantitative estimate of drug-likeness (QED) is 0.851. The summed E-state index contributed by atoms with van der Waals surface area (Å²) in [5.74, 6) is 2.01. The molecule has 2 aromatic carbocycles. The predicted octanol–water partition coefficient (Wildman–Crippen LogP) is 3.06. The van der Waals surface area contributed by atoms with Gasteiger partial charge in [-0.25, -0.2) is 13.6 Å². The van der Waals surface area contributed by atoms with Crippen molar-refractivity contribution in [2.24, 2.45) is 5.14 Å². The Morgan fingerprint density at radius 3 is 2.38 bits per heavy atom. The van der Waals surface area contributed by atoms with Crippen LogP contribution in [0.15, 0.2) is 53.4 Å². The molecule has 0 aromatic heterocycles. The average Bonchev–Trinajstić information content (AvgIpc) is 3.09. The summed E-state index contributed by atoms with van der Waals surface area (Å²) in [7, 11) is -3.80. The van der Waals surface area contributed by atoms with E-state index in [2.05, 4.69) is 5.32 Å². The molecular weight excluding hydrogens is 364 g/mol. The van der Waals surface area contributed by atoms with Crippen LogP contribution in [0.4, 0.5) is 5.69 Å². The molecule has 8 heteroatoms. The van der Waals surface area contributed by atoms with Gasteiger partial charge in [0.05, 0.1) is 9.48 Å². The highest BCUT2D eigenvalue weighted by Gasteiger charge is 2.18. The topological polar surface area (TPSA) is 89.3 Å². The van der Waals surface area contributed by atoms with E-state index in [4.69, 9.17) is 5.14 Å². The summed E-state index contributed by atoms with van der Waals surface area (Å²) in [4.78, 5) is 12.3. The lowest BCUT2D eigenvalue weighted by molar-refractivity contribution is 0.102. The zero-order valence-electron chi connectivity index (χ0n) is 12.6. The first-order valence-corrected chi connectivity index (χ1v) is 10.9. The number of hydrogen-bond donors (Lipinski definition) is 2. The van der Waals surface area contributed by atoms with Gasteiger partial charge in [0.2, 0.25) is 10.0 Å². The zero-order valence-corrected chi connectivity index (χ0v) is 15.1. The van der Waals surface area contributed by atoms with Crippen LogP contribution < -0.4 is 10.5 Å². The summed E-state index contributed by atoms with van der Waals surface area (Å²) in [5.41, 5.74) is 2.11. The van der Waals surface area contributed by atoms with E-state index >= 15 is 0 Å². The molecule has 1 saturated heterocycles. The molecule has 0 aliphatic carbocycles. The van der Waals surface area contributed by atoms with Gasteiger partial charge in [-0.1, -0.05) is 18.2 Å². The third-order valence-electron chi connectivity index (χ3n) is 3.49. The highest BCUT2D eigenvalue weighted by atomic mass is 32.2. The third kappa shape index (κ3) is 4.13. The van der Waals surface area contributed by atoms with Gasteiger partial charge in [0.1, 0.15) is 0 Å². The number of hydrogen-bond acceptors (Lipinski definition) is 5. The molecule has 0 spiro atoms. The molecule has 0 saturated carbocycles. The van der Waals surface area contributed by atoms with Crippen LogP contribution in [-0.4, -0.2) is 25.8 Å². The molecule has 24 heavy (non-hydrogen) atoms. The molecule has 1 aliphatic heterocycles. The van der Waals surface area contributed by atoms with Crippen molar-refractivity contribution >= 4 is 45.1 Å². The lowest BCUT2D eigenvalue weighted by Gasteiger charge is -2.10. The van der Waals surface area contributed by atoms with Crippen molar-refractivity contribution in [3.8, 4) is 0 Å². The van der Waals surface area contributed by atoms with Crippen molar-refractivity contribution in [3.05, 3.63) is 59.7 Å². The van der Waals surface area contributed by atoms with E-state index in [9.17, 15) is 13.2 Å². The number of sulfonamides is 1. The van der Waals surface area contributed by atoms with Gasteiger partial charge >= 0.3 is 0 Å². The smallest absolute Gasteiger partial charge is 0.255 e. The SMILES string of the molecule is NS(=O)(=O)c1cccc(NC(=O)c2ccc(C3SCCS3)cc2)c1. The summed E-state index contributed by atoms with van der Waals surface area (Å²) < 4.78 is 23.2. The van der Waals surface area contributed by atoms with E-state index in [0.29, 0.717) is 15.8 Å². The number of benzene rings is 2. The zero-order chi connectivity index (χ0) is 17.2. The molecule has 5 nitrogen and oxygen atoms in total. The molecule has 0 radical (unpaired) electrons.